The molecule has 0 aromatic carbocycles. The molecule has 1 heterocycles. The van der Waals surface area contributed by atoms with Crippen LogP contribution in [0.5, 0.6) is 0 Å². The third-order valence-corrected chi connectivity index (χ3v) is 2.18. The summed E-state index contributed by atoms with van der Waals surface area (Å²) in [6, 6.07) is 0.324. The lowest BCUT2D eigenvalue weighted by atomic mass is 10.3. The molecule has 0 saturated carbocycles. The second-order valence-corrected chi connectivity index (χ2v) is 3.97. The number of rotatable bonds is 6. The van der Waals surface area contributed by atoms with Crippen LogP contribution in [0.2, 0.25) is 0 Å². The minimum absolute atomic E-state index is 0.155. The van der Waals surface area contributed by atoms with E-state index in [1.807, 2.05) is 24.7 Å². The average molecular weight is 226 g/mol. The van der Waals surface area contributed by atoms with E-state index in [2.05, 4.69) is 10.4 Å². The number of aliphatic hydroxyl groups excluding tert-OH is 1. The monoisotopic (exact) mass is 226 g/mol. The van der Waals surface area contributed by atoms with Gasteiger partial charge in [-0.15, -0.1) is 0 Å². The second kappa shape index (κ2) is 5.62. The molecule has 0 aliphatic rings. The lowest BCUT2D eigenvalue weighted by Crippen LogP contribution is -2.37. The Balaban J connectivity index is 2.34. The van der Waals surface area contributed by atoms with E-state index in [4.69, 9.17) is 10.8 Å². The normalized spacial score (nSPS) is 13.0. The fraction of sp³-hybridized carbons (Fsp3) is 0.600. The summed E-state index contributed by atoms with van der Waals surface area (Å²) in [5.41, 5.74) is 5.92. The van der Waals surface area contributed by atoms with Crippen molar-refractivity contribution < 1.29 is 9.90 Å². The van der Waals surface area contributed by atoms with Crippen molar-refractivity contribution in [3.63, 3.8) is 0 Å². The highest BCUT2D eigenvalue weighted by Gasteiger charge is 2.09. The van der Waals surface area contributed by atoms with Gasteiger partial charge in [0.25, 0.3) is 0 Å². The maximum Gasteiger partial charge on any atom is 0.247 e. The minimum atomic E-state index is -1.14. The molecule has 0 radical (unpaired) electrons. The maximum absolute atomic E-state index is 10.6. The van der Waals surface area contributed by atoms with Crippen LogP contribution in [0.1, 0.15) is 25.5 Å². The molecular weight excluding hydrogens is 208 g/mol. The van der Waals surface area contributed by atoms with Crippen LogP contribution in [0.3, 0.4) is 0 Å². The second-order valence-electron chi connectivity index (χ2n) is 3.97. The SMILES string of the molecule is CC(C)n1cc(CNCC(O)C(N)=O)cn1. The van der Waals surface area contributed by atoms with Crippen molar-refractivity contribution in [2.75, 3.05) is 6.54 Å². The highest BCUT2D eigenvalue weighted by Crippen LogP contribution is 2.04. The molecular formula is C10H18N4O2. The van der Waals surface area contributed by atoms with Crippen LogP contribution in [0.15, 0.2) is 12.4 Å². The molecule has 4 N–H and O–H groups in total. The third-order valence-electron chi connectivity index (χ3n) is 2.18. The minimum Gasteiger partial charge on any atom is -0.382 e. The largest absolute Gasteiger partial charge is 0.382 e. The molecule has 1 amide bonds. The van der Waals surface area contributed by atoms with Crippen LogP contribution in [0, 0.1) is 0 Å². The molecule has 0 spiro atoms. The number of nitrogens with two attached hydrogens (primary N) is 1. The molecule has 0 saturated heterocycles. The van der Waals surface area contributed by atoms with Crippen molar-refractivity contribution in [1.82, 2.24) is 15.1 Å². The third kappa shape index (κ3) is 3.63. The van der Waals surface area contributed by atoms with E-state index in [-0.39, 0.29) is 6.54 Å². The van der Waals surface area contributed by atoms with E-state index in [0.717, 1.165) is 5.56 Å². The Bertz CT molecular complexity index is 348. The van der Waals surface area contributed by atoms with Gasteiger partial charge in [-0.05, 0) is 13.8 Å². The molecule has 1 unspecified atom stereocenters. The number of carbonyl (C=O) groups excluding carboxylic acids is 1. The molecule has 90 valence electrons. The van der Waals surface area contributed by atoms with E-state index in [1.54, 1.807) is 6.20 Å². The summed E-state index contributed by atoms with van der Waals surface area (Å²) in [5.74, 6) is -0.717. The first-order valence-corrected chi connectivity index (χ1v) is 5.22. The van der Waals surface area contributed by atoms with Crippen molar-refractivity contribution in [2.24, 2.45) is 5.73 Å². The van der Waals surface area contributed by atoms with E-state index in [0.29, 0.717) is 12.6 Å². The number of hydrogen-bond acceptors (Lipinski definition) is 4. The number of aliphatic hydroxyl groups is 1. The summed E-state index contributed by atoms with van der Waals surface area (Å²) in [6.45, 7) is 4.79. The van der Waals surface area contributed by atoms with Gasteiger partial charge < -0.3 is 16.2 Å². The van der Waals surface area contributed by atoms with Crippen molar-refractivity contribution in [2.45, 2.75) is 32.5 Å². The Hall–Kier alpha value is -1.40. The summed E-state index contributed by atoms with van der Waals surface area (Å²) in [7, 11) is 0. The lowest BCUT2D eigenvalue weighted by Gasteiger charge is -2.07. The van der Waals surface area contributed by atoms with Gasteiger partial charge in [0.05, 0.1) is 6.20 Å². The molecule has 16 heavy (non-hydrogen) atoms. The molecule has 6 heteroatoms. The number of carbonyl (C=O) groups is 1. The molecule has 0 aliphatic heterocycles. The Morgan fingerprint density at radius 2 is 2.38 bits per heavy atom. The van der Waals surface area contributed by atoms with Gasteiger partial charge >= 0.3 is 0 Å². The van der Waals surface area contributed by atoms with E-state index in [1.165, 1.54) is 0 Å². The number of hydrogen-bond donors (Lipinski definition) is 3. The first-order valence-electron chi connectivity index (χ1n) is 5.22. The molecule has 6 nitrogen and oxygen atoms in total. The van der Waals surface area contributed by atoms with Gasteiger partial charge in [0.2, 0.25) is 5.91 Å². The predicted molar refractivity (Wildman–Crippen MR) is 59.5 cm³/mol. The van der Waals surface area contributed by atoms with Crippen LogP contribution >= 0.6 is 0 Å². The van der Waals surface area contributed by atoms with Crippen molar-refractivity contribution in [3.8, 4) is 0 Å². The predicted octanol–water partition coefficient (Wildman–Crippen LogP) is -0.600. The average Bonchev–Trinajstić information content (AvgIpc) is 2.66. The van der Waals surface area contributed by atoms with Crippen LogP contribution in [-0.4, -0.2) is 33.4 Å². The molecule has 1 atom stereocenters. The van der Waals surface area contributed by atoms with E-state index >= 15 is 0 Å². The van der Waals surface area contributed by atoms with Gasteiger partial charge in [0.15, 0.2) is 0 Å². The van der Waals surface area contributed by atoms with Crippen LogP contribution < -0.4 is 11.1 Å². The number of amides is 1. The Morgan fingerprint density at radius 1 is 1.69 bits per heavy atom. The Morgan fingerprint density at radius 3 is 2.88 bits per heavy atom. The zero-order valence-corrected chi connectivity index (χ0v) is 9.55. The molecule has 0 fully saturated rings. The number of primary amides is 1. The van der Waals surface area contributed by atoms with Gasteiger partial charge in [-0.1, -0.05) is 0 Å². The zero-order valence-electron chi connectivity index (χ0n) is 9.55. The van der Waals surface area contributed by atoms with Crippen molar-refractivity contribution >= 4 is 5.91 Å². The van der Waals surface area contributed by atoms with Crippen molar-refractivity contribution in [3.05, 3.63) is 18.0 Å². The van der Waals surface area contributed by atoms with Crippen molar-refractivity contribution in [1.29, 1.82) is 0 Å². The standard InChI is InChI=1S/C10H18N4O2/c1-7(2)14-6-8(4-13-14)3-12-5-9(15)10(11)16/h4,6-7,9,12,15H,3,5H2,1-2H3,(H2,11,16). The summed E-state index contributed by atoms with van der Waals surface area (Å²) >= 11 is 0. The first kappa shape index (κ1) is 12.7. The van der Waals surface area contributed by atoms with Gasteiger partial charge in [0.1, 0.15) is 6.10 Å². The number of nitrogens with zero attached hydrogens (tertiary/aromatic N) is 2. The molecule has 1 rings (SSSR count). The lowest BCUT2D eigenvalue weighted by molar-refractivity contribution is -0.125. The topological polar surface area (TPSA) is 93.2 Å². The van der Waals surface area contributed by atoms with E-state index < -0.39 is 12.0 Å². The molecule has 0 aliphatic carbocycles. The van der Waals surface area contributed by atoms with Gasteiger partial charge in [-0.25, -0.2) is 0 Å². The number of nitrogens with one attached hydrogen (secondary N) is 1. The Labute approximate surface area is 94.4 Å². The fourth-order valence-electron chi connectivity index (χ4n) is 1.20. The quantitative estimate of drug-likeness (QED) is 0.604. The summed E-state index contributed by atoms with van der Waals surface area (Å²) in [5, 5.41) is 16.2. The van der Waals surface area contributed by atoms with Crippen LogP contribution in [0.4, 0.5) is 0 Å². The number of aromatic nitrogens is 2. The maximum atomic E-state index is 10.6. The highest BCUT2D eigenvalue weighted by atomic mass is 16.3. The summed E-state index contributed by atoms with van der Waals surface area (Å²) < 4.78 is 1.85. The summed E-state index contributed by atoms with van der Waals surface area (Å²) in [4.78, 5) is 10.6. The van der Waals surface area contributed by atoms with Gasteiger partial charge in [-0.3, -0.25) is 9.48 Å². The first-order chi connectivity index (χ1) is 7.50. The highest BCUT2D eigenvalue weighted by molar-refractivity contribution is 5.78. The van der Waals surface area contributed by atoms with Crippen LogP contribution in [0.25, 0.3) is 0 Å². The molecule has 0 bridgehead atoms. The van der Waals surface area contributed by atoms with Gasteiger partial charge in [0, 0.05) is 30.9 Å². The van der Waals surface area contributed by atoms with Gasteiger partial charge in [-0.2, -0.15) is 5.10 Å². The van der Waals surface area contributed by atoms with E-state index in [9.17, 15) is 4.79 Å². The molecule has 1 aromatic heterocycles. The smallest absolute Gasteiger partial charge is 0.247 e. The Kier molecular flexibility index (Phi) is 4.45. The molecule has 1 aromatic rings. The fourth-order valence-corrected chi connectivity index (χ4v) is 1.20. The summed E-state index contributed by atoms with van der Waals surface area (Å²) in [6.07, 6.45) is 2.54. The zero-order chi connectivity index (χ0) is 12.1. The van der Waals surface area contributed by atoms with Crippen LogP contribution in [-0.2, 0) is 11.3 Å².